The van der Waals surface area contributed by atoms with Gasteiger partial charge in [0.05, 0.1) is 16.9 Å². The SMILES string of the molecule is CC(C)(NC(=O)CN1Cc2ccc(-c3nc(NC4CCOCC4)ncc3Cl)cc2C1=O)N1C=CC=NC1. The molecule has 3 aliphatic heterocycles. The number of hydrogen-bond donors (Lipinski definition) is 2. The minimum atomic E-state index is -0.645. The molecule has 0 unspecified atom stereocenters. The zero-order valence-corrected chi connectivity index (χ0v) is 21.7. The first-order valence-electron chi connectivity index (χ1n) is 12.3. The molecule has 0 radical (unpaired) electrons. The third-order valence-corrected chi connectivity index (χ3v) is 7.03. The standard InChI is InChI=1S/C26H30ClN7O3/c1-26(2,34-9-3-8-28-16-34)32-22(35)15-33-14-18-5-4-17(12-20(18)24(33)36)23-21(27)13-29-25(31-23)30-19-6-10-37-11-7-19/h3-5,8-9,12-13,19H,6-7,10-11,14-16H2,1-2H3,(H,32,35)(H,29,30,31). The molecule has 5 rings (SSSR count). The number of ether oxygens (including phenoxy) is 1. The predicted octanol–water partition coefficient (Wildman–Crippen LogP) is 3.05. The maximum atomic E-state index is 13.2. The van der Waals surface area contributed by atoms with Crippen LogP contribution in [0.15, 0.2) is 41.7 Å². The summed E-state index contributed by atoms with van der Waals surface area (Å²) in [6.45, 7) is 6.00. The topological polar surface area (TPSA) is 112 Å². The number of amides is 2. The molecule has 0 aliphatic carbocycles. The number of fused-ring (bicyclic) bond motifs is 1. The van der Waals surface area contributed by atoms with Crippen LogP contribution in [0.3, 0.4) is 0 Å². The van der Waals surface area contributed by atoms with Gasteiger partial charge in [0.2, 0.25) is 11.9 Å². The molecule has 1 aromatic heterocycles. The molecular weight excluding hydrogens is 494 g/mol. The van der Waals surface area contributed by atoms with Crippen molar-refractivity contribution in [3.05, 3.63) is 52.8 Å². The van der Waals surface area contributed by atoms with E-state index in [9.17, 15) is 9.59 Å². The zero-order chi connectivity index (χ0) is 26.0. The highest BCUT2D eigenvalue weighted by atomic mass is 35.5. The van der Waals surface area contributed by atoms with Gasteiger partial charge in [-0.3, -0.25) is 14.6 Å². The van der Waals surface area contributed by atoms with Crippen LogP contribution in [0.25, 0.3) is 11.3 Å². The number of hydrogen-bond acceptors (Lipinski definition) is 8. The summed E-state index contributed by atoms with van der Waals surface area (Å²) in [7, 11) is 0. The van der Waals surface area contributed by atoms with E-state index in [1.54, 1.807) is 23.4 Å². The van der Waals surface area contributed by atoms with E-state index < -0.39 is 5.66 Å². The summed E-state index contributed by atoms with van der Waals surface area (Å²) in [5.74, 6) is 0.0586. The van der Waals surface area contributed by atoms with Crippen LogP contribution in [-0.4, -0.2) is 75.9 Å². The molecule has 1 aromatic carbocycles. The lowest BCUT2D eigenvalue weighted by Gasteiger charge is -2.38. The van der Waals surface area contributed by atoms with Crippen molar-refractivity contribution in [3.8, 4) is 11.3 Å². The van der Waals surface area contributed by atoms with E-state index in [0.29, 0.717) is 48.7 Å². The van der Waals surface area contributed by atoms with Crippen molar-refractivity contribution in [2.45, 2.75) is 44.9 Å². The van der Waals surface area contributed by atoms with Crippen molar-refractivity contribution in [3.63, 3.8) is 0 Å². The monoisotopic (exact) mass is 523 g/mol. The molecule has 0 atom stereocenters. The van der Waals surface area contributed by atoms with Crippen LogP contribution >= 0.6 is 11.6 Å². The molecule has 11 heteroatoms. The molecular formula is C26H30ClN7O3. The van der Waals surface area contributed by atoms with Gasteiger partial charge in [0.1, 0.15) is 18.9 Å². The van der Waals surface area contributed by atoms with Gasteiger partial charge in [-0.2, -0.15) is 0 Å². The molecule has 0 saturated carbocycles. The lowest BCUT2D eigenvalue weighted by atomic mass is 10.0. The number of rotatable bonds is 7. The third-order valence-electron chi connectivity index (χ3n) is 6.75. The van der Waals surface area contributed by atoms with Crippen molar-refractivity contribution in [2.24, 2.45) is 4.99 Å². The summed E-state index contributed by atoms with van der Waals surface area (Å²) in [6.07, 6.45) is 8.77. The average molecular weight is 524 g/mol. The molecule has 0 bridgehead atoms. The van der Waals surface area contributed by atoms with Gasteiger partial charge >= 0.3 is 0 Å². The second kappa shape index (κ2) is 10.5. The van der Waals surface area contributed by atoms with Gasteiger partial charge in [0.25, 0.3) is 5.91 Å². The van der Waals surface area contributed by atoms with Crippen LogP contribution in [-0.2, 0) is 16.1 Å². The van der Waals surface area contributed by atoms with Crippen LogP contribution in [0.2, 0.25) is 5.02 Å². The van der Waals surface area contributed by atoms with Crippen LogP contribution in [0, 0.1) is 0 Å². The fourth-order valence-corrected chi connectivity index (χ4v) is 4.87. The maximum absolute atomic E-state index is 13.2. The molecule has 2 amide bonds. The van der Waals surface area contributed by atoms with Gasteiger partial charge < -0.3 is 25.2 Å². The van der Waals surface area contributed by atoms with Crippen molar-refractivity contribution in [2.75, 3.05) is 31.7 Å². The molecule has 1 fully saturated rings. The zero-order valence-electron chi connectivity index (χ0n) is 20.9. The molecule has 0 spiro atoms. The minimum absolute atomic E-state index is 0.0411. The number of nitrogens with one attached hydrogen (secondary N) is 2. The first-order valence-corrected chi connectivity index (χ1v) is 12.7. The number of halogens is 1. The highest BCUT2D eigenvalue weighted by molar-refractivity contribution is 6.33. The maximum Gasteiger partial charge on any atom is 0.254 e. The average Bonchev–Trinajstić information content (AvgIpc) is 3.20. The lowest BCUT2D eigenvalue weighted by molar-refractivity contribution is -0.125. The molecule has 194 valence electrons. The molecule has 4 heterocycles. The Morgan fingerprint density at radius 2 is 2.08 bits per heavy atom. The number of carbonyl (C=O) groups excluding carboxylic acids is 2. The van der Waals surface area contributed by atoms with Gasteiger partial charge in [0.15, 0.2) is 0 Å². The number of carbonyl (C=O) groups is 2. The smallest absolute Gasteiger partial charge is 0.254 e. The quantitative estimate of drug-likeness (QED) is 0.573. The van der Waals surface area contributed by atoms with E-state index in [1.807, 2.05) is 43.2 Å². The van der Waals surface area contributed by atoms with Gasteiger partial charge in [0, 0.05) is 49.3 Å². The Balaban J connectivity index is 1.27. The fraction of sp³-hybridized carbons (Fsp3) is 0.423. The molecule has 2 N–H and O–H groups in total. The lowest BCUT2D eigenvalue weighted by Crippen LogP contribution is -2.56. The molecule has 37 heavy (non-hydrogen) atoms. The van der Waals surface area contributed by atoms with Crippen LogP contribution in [0.5, 0.6) is 0 Å². The van der Waals surface area contributed by atoms with Gasteiger partial charge in [-0.15, -0.1) is 0 Å². The van der Waals surface area contributed by atoms with Crippen molar-refractivity contribution < 1.29 is 14.3 Å². The highest BCUT2D eigenvalue weighted by Crippen LogP contribution is 2.31. The minimum Gasteiger partial charge on any atom is -0.381 e. The van der Waals surface area contributed by atoms with Gasteiger partial charge in [-0.1, -0.05) is 23.7 Å². The summed E-state index contributed by atoms with van der Waals surface area (Å²) in [4.78, 5) is 42.7. The summed E-state index contributed by atoms with van der Waals surface area (Å²) in [5.41, 5.74) is 2.04. The molecule has 3 aliphatic rings. The Labute approximate surface area is 220 Å². The third kappa shape index (κ3) is 5.60. The Morgan fingerprint density at radius 1 is 1.27 bits per heavy atom. The van der Waals surface area contributed by atoms with Crippen molar-refractivity contribution >= 4 is 35.6 Å². The summed E-state index contributed by atoms with van der Waals surface area (Å²) in [6, 6.07) is 5.83. The first-order chi connectivity index (χ1) is 17.8. The number of aliphatic imine (C=N–C) groups is 1. The Hall–Kier alpha value is -3.50. The van der Waals surface area contributed by atoms with Crippen LogP contribution in [0.1, 0.15) is 42.6 Å². The molecule has 10 nitrogen and oxygen atoms in total. The number of benzene rings is 1. The largest absolute Gasteiger partial charge is 0.381 e. The molecule has 1 saturated heterocycles. The second-order valence-corrected chi connectivity index (χ2v) is 10.3. The van der Waals surface area contributed by atoms with Crippen molar-refractivity contribution in [1.29, 1.82) is 0 Å². The number of aromatic nitrogens is 2. The predicted molar refractivity (Wildman–Crippen MR) is 141 cm³/mol. The number of nitrogens with zero attached hydrogens (tertiary/aromatic N) is 5. The van der Waals surface area contributed by atoms with E-state index in [-0.39, 0.29) is 24.4 Å². The Bertz CT molecular complexity index is 1260. The van der Waals surface area contributed by atoms with Crippen LogP contribution in [0.4, 0.5) is 5.95 Å². The van der Waals surface area contributed by atoms with E-state index in [0.717, 1.165) is 24.0 Å². The first kappa shape index (κ1) is 25.2. The number of anilines is 1. The fourth-order valence-electron chi connectivity index (χ4n) is 4.67. The van der Waals surface area contributed by atoms with Crippen LogP contribution < -0.4 is 10.6 Å². The van der Waals surface area contributed by atoms with E-state index in [4.69, 9.17) is 16.3 Å². The van der Waals surface area contributed by atoms with Crippen molar-refractivity contribution in [1.82, 2.24) is 25.1 Å². The van der Waals surface area contributed by atoms with E-state index in [1.165, 1.54) is 0 Å². The highest BCUT2D eigenvalue weighted by Gasteiger charge is 2.32. The second-order valence-electron chi connectivity index (χ2n) is 9.85. The summed E-state index contributed by atoms with van der Waals surface area (Å²) in [5, 5.41) is 6.76. The Kier molecular flexibility index (Phi) is 7.12. The summed E-state index contributed by atoms with van der Waals surface area (Å²) >= 11 is 6.45. The summed E-state index contributed by atoms with van der Waals surface area (Å²) < 4.78 is 5.41. The van der Waals surface area contributed by atoms with E-state index in [2.05, 4.69) is 25.6 Å². The normalized spacial score (nSPS) is 17.8. The van der Waals surface area contributed by atoms with E-state index >= 15 is 0 Å². The van der Waals surface area contributed by atoms with Gasteiger partial charge in [-0.05, 0) is 44.4 Å². The number of allylic oxidation sites excluding steroid dienone is 1. The van der Waals surface area contributed by atoms with Gasteiger partial charge in [-0.25, -0.2) is 9.97 Å². The Morgan fingerprint density at radius 3 is 2.84 bits per heavy atom. The molecule has 2 aromatic rings.